The highest BCUT2D eigenvalue weighted by molar-refractivity contribution is 6.70. The van der Waals surface area contributed by atoms with E-state index in [1.807, 2.05) is 0 Å². The summed E-state index contributed by atoms with van der Waals surface area (Å²) in [4.78, 5) is 0. The van der Waals surface area contributed by atoms with Crippen LogP contribution in [0.4, 0.5) is 0 Å². The van der Waals surface area contributed by atoms with E-state index in [1.165, 1.54) is 25.0 Å². The summed E-state index contributed by atoms with van der Waals surface area (Å²) >= 11 is 0. The van der Waals surface area contributed by atoms with Crippen molar-refractivity contribution in [3.05, 3.63) is 11.8 Å². The third-order valence-electron chi connectivity index (χ3n) is 2.27. The quantitative estimate of drug-likeness (QED) is 0.442. The van der Waals surface area contributed by atoms with Gasteiger partial charge in [-0.25, -0.2) is 0 Å². The maximum Gasteiger partial charge on any atom is 0.241 e. The van der Waals surface area contributed by atoms with E-state index in [0.717, 1.165) is 6.42 Å². The molecule has 0 amide bonds. The van der Waals surface area contributed by atoms with E-state index in [1.54, 1.807) is 0 Å². The normalized spacial score (nSPS) is 15.2. The van der Waals surface area contributed by atoms with Gasteiger partial charge in [-0.15, -0.1) is 0 Å². The molecule has 1 nitrogen and oxygen atoms in total. The molecular weight excluding hydrogens is 200 g/mol. The molecule has 0 saturated heterocycles. The molecule has 2 heteroatoms. The highest BCUT2D eigenvalue weighted by Gasteiger charge is 2.17. The summed E-state index contributed by atoms with van der Waals surface area (Å²) in [5, 5.41) is 0. The Morgan fingerprint density at radius 2 is 1.87 bits per heavy atom. The fourth-order valence-corrected chi connectivity index (χ4v) is 2.54. The molecule has 0 radical (unpaired) electrons. The highest BCUT2D eigenvalue weighted by Crippen LogP contribution is 2.18. The summed E-state index contributed by atoms with van der Waals surface area (Å²) in [6, 6.07) is 0. The van der Waals surface area contributed by atoms with Crippen LogP contribution in [0.25, 0.3) is 0 Å². The van der Waals surface area contributed by atoms with Crippen LogP contribution in [0.15, 0.2) is 11.8 Å². The smallest absolute Gasteiger partial charge is 0.241 e. The maximum atomic E-state index is 6.04. The minimum absolute atomic E-state index is 0.663. The van der Waals surface area contributed by atoms with Crippen molar-refractivity contribution in [2.45, 2.75) is 66.1 Å². The van der Waals surface area contributed by atoms with E-state index >= 15 is 0 Å². The van der Waals surface area contributed by atoms with Gasteiger partial charge in [0.25, 0.3) is 0 Å². The van der Waals surface area contributed by atoms with Crippen molar-refractivity contribution < 1.29 is 4.43 Å². The third kappa shape index (κ3) is 8.73. The fraction of sp³-hybridized carbons (Fsp3) is 0.846. The van der Waals surface area contributed by atoms with Gasteiger partial charge in [0.15, 0.2) is 0 Å². The average Bonchev–Trinajstić information content (AvgIpc) is 2.11. The molecule has 0 fully saturated rings. The van der Waals surface area contributed by atoms with Gasteiger partial charge in [-0.3, -0.25) is 0 Å². The summed E-state index contributed by atoms with van der Waals surface area (Å²) in [5.74, 6) is 1.87. The molecule has 0 saturated carbocycles. The zero-order chi connectivity index (χ0) is 11.9. The Morgan fingerprint density at radius 3 is 2.27 bits per heavy atom. The third-order valence-corrected chi connectivity index (χ3v) is 3.14. The Balaban J connectivity index is 4.19. The maximum absolute atomic E-state index is 6.04. The molecule has 0 heterocycles. The molecule has 0 bridgehead atoms. The standard InChI is InChI=1S/C13H28OSi/c1-7-9-10-12(3)11-13(8-2)14-15(4,5)6/h11-12H,7-10H2,1-6H3/b13-11-. The van der Waals surface area contributed by atoms with Crippen molar-refractivity contribution in [2.24, 2.45) is 5.92 Å². The van der Waals surface area contributed by atoms with Gasteiger partial charge in [0, 0.05) is 6.42 Å². The zero-order valence-corrected chi connectivity index (χ0v) is 12.4. The summed E-state index contributed by atoms with van der Waals surface area (Å²) in [6.07, 6.45) is 7.25. The van der Waals surface area contributed by atoms with E-state index < -0.39 is 8.32 Å². The van der Waals surface area contributed by atoms with Crippen molar-refractivity contribution in [3.63, 3.8) is 0 Å². The monoisotopic (exact) mass is 228 g/mol. The average molecular weight is 228 g/mol. The second-order valence-corrected chi connectivity index (χ2v) is 9.75. The molecular formula is C13H28OSi. The number of allylic oxidation sites excluding steroid dienone is 2. The van der Waals surface area contributed by atoms with Crippen LogP contribution in [0.1, 0.15) is 46.5 Å². The van der Waals surface area contributed by atoms with Crippen LogP contribution in [-0.2, 0) is 4.43 Å². The van der Waals surface area contributed by atoms with Crippen molar-refractivity contribution in [1.29, 1.82) is 0 Å². The van der Waals surface area contributed by atoms with Crippen LogP contribution in [0.3, 0.4) is 0 Å². The van der Waals surface area contributed by atoms with Gasteiger partial charge >= 0.3 is 0 Å². The summed E-state index contributed by atoms with van der Waals surface area (Å²) in [5.41, 5.74) is 0. The molecule has 15 heavy (non-hydrogen) atoms. The van der Waals surface area contributed by atoms with E-state index in [0.29, 0.717) is 5.92 Å². The molecule has 0 rings (SSSR count). The molecule has 90 valence electrons. The Labute approximate surface area is 97.0 Å². The second kappa shape index (κ2) is 7.10. The number of hydrogen-bond acceptors (Lipinski definition) is 1. The van der Waals surface area contributed by atoms with E-state index in [9.17, 15) is 0 Å². The lowest BCUT2D eigenvalue weighted by molar-refractivity contribution is 0.395. The van der Waals surface area contributed by atoms with Gasteiger partial charge in [-0.05, 0) is 38.1 Å². The molecule has 0 aliphatic rings. The molecule has 1 unspecified atom stereocenters. The summed E-state index contributed by atoms with van der Waals surface area (Å²) < 4.78 is 6.04. The van der Waals surface area contributed by atoms with Crippen LogP contribution in [0.5, 0.6) is 0 Å². The van der Waals surface area contributed by atoms with Gasteiger partial charge in [0.1, 0.15) is 0 Å². The van der Waals surface area contributed by atoms with E-state index in [-0.39, 0.29) is 0 Å². The molecule has 0 N–H and O–H groups in total. The lowest BCUT2D eigenvalue weighted by atomic mass is 10.0. The lowest BCUT2D eigenvalue weighted by Gasteiger charge is -2.22. The Kier molecular flexibility index (Phi) is 6.99. The fourth-order valence-electron chi connectivity index (χ4n) is 1.54. The minimum atomic E-state index is -1.41. The Hall–Kier alpha value is -0.243. The first-order chi connectivity index (χ1) is 6.89. The highest BCUT2D eigenvalue weighted by atomic mass is 28.4. The van der Waals surface area contributed by atoms with Crippen molar-refractivity contribution in [3.8, 4) is 0 Å². The molecule has 0 aliphatic heterocycles. The number of unbranched alkanes of at least 4 members (excludes halogenated alkanes) is 1. The Bertz CT molecular complexity index is 191. The molecule has 0 aliphatic carbocycles. The largest absolute Gasteiger partial charge is 0.548 e. The second-order valence-electron chi connectivity index (χ2n) is 5.32. The van der Waals surface area contributed by atoms with E-state index in [2.05, 4.69) is 46.5 Å². The van der Waals surface area contributed by atoms with Crippen LogP contribution in [0.2, 0.25) is 19.6 Å². The summed E-state index contributed by atoms with van der Waals surface area (Å²) in [6.45, 7) is 13.4. The first-order valence-electron chi connectivity index (χ1n) is 6.28. The van der Waals surface area contributed by atoms with Crippen LogP contribution in [0, 0.1) is 5.92 Å². The minimum Gasteiger partial charge on any atom is -0.548 e. The van der Waals surface area contributed by atoms with Crippen LogP contribution >= 0.6 is 0 Å². The van der Waals surface area contributed by atoms with E-state index in [4.69, 9.17) is 4.43 Å². The summed E-state index contributed by atoms with van der Waals surface area (Å²) in [7, 11) is -1.41. The predicted octanol–water partition coefficient (Wildman–Crippen LogP) is 4.96. The van der Waals surface area contributed by atoms with Gasteiger partial charge < -0.3 is 4.43 Å². The van der Waals surface area contributed by atoms with Crippen molar-refractivity contribution >= 4 is 8.32 Å². The topological polar surface area (TPSA) is 9.23 Å². The molecule has 0 spiro atoms. The predicted molar refractivity (Wildman–Crippen MR) is 71.5 cm³/mol. The zero-order valence-electron chi connectivity index (χ0n) is 11.4. The lowest BCUT2D eigenvalue weighted by Crippen LogP contribution is -2.24. The van der Waals surface area contributed by atoms with Gasteiger partial charge in [-0.2, -0.15) is 0 Å². The molecule has 1 atom stereocenters. The Morgan fingerprint density at radius 1 is 1.27 bits per heavy atom. The van der Waals surface area contributed by atoms with Gasteiger partial charge in [0.05, 0.1) is 5.76 Å². The van der Waals surface area contributed by atoms with Crippen LogP contribution < -0.4 is 0 Å². The first-order valence-corrected chi connectivity index (χ1v) is 9.69. The number of rotatable bonds is 7. The molecule has 0 aromatic carbocycles. The van der Waals surface area contributed by atoms with Crippen molar-refractivity contribution in [1.82, 2.24) is 0 Å². The van der Waals surface area contributed by atoms with Crippen LogP contribution in [-0.4, -0.2) is 8.32 Å². The number of hydrogen-bond donors (Lipinski definition) is 0. The molecule has 0 aromatic heterocycles. The molecule has 0 aromatic rings. The van der Waals surface area contributed by atoms with Gasteiger partial charge in [-0.1, -0.05) is 33.6 Å². The SMILES string of the molecule is CCCCC(C)/C=C(/CC)O[Si](C)(C)C. The van der Waals surface area contributed by atoms with Crippen molar-refractivity contribution in [2.75, 3.05) is 0 Å². The first kappa shape index (κ1) is 14.8. The van der Waals surface area contributed by atoms with Gasteiger partial charge in [0.2, 0.25) is 8.32 Å².